The number of sulfonamides is 1. The van der Waals surface area contributed by atoms with E-state index in [0.717, 1.165) is 15.4 Å². The monoisotopic (exact) mass is 611 g/mol. The highest BCUT2D eigenvalue weighted by atomic mass is 35.5. The molecule has 0 spiro atoms. The third-order valence-corrected chi connectivity index (χ3v) is 9.26. The minimum absolute atomic E-state index is 0.0524. The van der Waals surface area contributed by atoms with E-state index in [0.29, 0.717) is 29.2 Å². The number of nitrogens with zero attached hydrogens (tertiary/aromatic N) is 2. The Bertz CT molecular complexity index is 1460. The van der Waals surface area contributed by atoms with Gasteiger partial charge in [0.2, 0.25) is 11.8 Å². The summed E-state index contributed by atoms with van der Waals surface area (Å²) in [5.74, 6) is -0.322. The number of carbonyl (C=O) groups excluding carboxylic acids is 2. The first-order chi connectivity index (χ1) is 19.8. The molecule has 0 aliphatic carbocycles. The van der Waals surface area contributed by atoms with Crippen molar-refractivity contribution in [3.8, 4) is 0 Å². The molecule has 0 heterocycles. The number of amides is 2. The zero-order valence-electron chi connectivity index (χ0n) is 25.3. The average Bonchev–Trinajstić information content (AvgIpc) is 2.95. The third kappa shape index (κ3) is 8.35. The molecule has 3 aromatic carbocycles. The summed E-state index contributed by atoms with van der Waals surface area (Å²) in [5, 5.41) is 3.39. The maximum Gasteiger partial charge on any atom is 0.264 e. The van der Waals surface area contributed by atoms with E-state index in [2.05, 4.69) is 19.2 Å². The average molecular weight is 612 g/mol. The van der Waals surface area contributed by atoms with Gasteiger partial charge in [0, 0.05) is 18.1 Å². The fourth-order valence-corrected chi connectivity index (χ4v) is 6.15. The second-order valence-electron chi connectivity index (χ2n) is 11.2. The van der Waals surface area contributed by atoms with Crippen LogP contribution in [0.4, 0.5) is 5.69 Å². The van der Waals surface area contributed by atoms with Crippen molar-refractivity contribution in [1.82, 2.24) is 10.2 Å². The highest BCUT2D eigenvalue weighted by molar-refractivity contribution is 7.92. The van der Waals surface area contributed by atoms with Crippen LogP contribution in [0.25, 0.3) is 0 Å². The number of rotatable bonds is 13. The lowest BCUT2D eigenvalue weighted by Gasteiger charge is -2.33. The summed E-state index contributed by atoms with van der Waals surface area (Å²) in [6, 6.07) is 20.0. The molecule has 2 amide bonds. The molecule has 0 aliphatic rings. The summed E-state index contributed by atoms with van der Waals surface area (Å²) in [6.07, 6.45) is 0.341. The van der Waals surface area contributed by atoms with Crippen LogP contribution in [0.15, 0.2) is 77.7 Å². The molecule has 3 aromatic rings. The Morgan fingerprint density at radius 3 is 2.07 bits per heavy atom. The van der Waals surface area contributed by atoms with Crippen molar-refractivity contribution in [1.29, 1.82) is 0 Å². The van der Waals surface area contributed by atoms with Crippen LogP contribution >= 0.6 is 11.6 Å². The molecule has 0 aliphatic heterocycles. The molecule has 0 radical (unpaired) electrons. The van der Waals surface area contributed by atoms with Crippen LogP contribution in [-0.2, 0) is 26.2 Å². The van der Waals surface area contributed by atoms with Crippen LogP contribution in [0.5, 0.6) is 0 Å². The number of benzene rings is 3. The summed E-state index contributed by atoms with van der Waals surface area (Å²) >= 11 is 6.47. The van der Waals surface area contributed by atoms with E-state index in [1.54, 1.807) is 54.6 Å². The highest BCUT2D eigenvalue weighted by Gasteiger charge is 2.34. The number of hydrogen-bond acceptors (Lipinski definition) is 4. The Balaban J connectivity index is 2.07. The SMILES string of the molecule is CCC(C(=O)NCC(C)C)N(Cc1ccccc1Cl)C(=O)CN(c1ccc(C(C)C)cc1)S(=O)(=O)c1ccc(C)cc1. The van der Waals surface area contributed by atoms with E-state index < -0.39 is 28.5 Å². The molecule has 3 rings (SSSR count). The Hall–Kier alpha value is -3.36. The molecule has 1 N–H and O–H groups in total. The Morgan fingerprint density at radius 2 is 1.52 bits per heavy atom. The van der Waals surface area contributed by atoms with E-state index >= 15 is 0 Å². The number of hydrogen-bond donors (Lipinski definition) is 1. The first-order valence-corrected chi connectivity index (χ1v) is 16.2. The van der Waals surface area contributed by atoms with Crippen molar-refractivity contribution < 1.29 is 18.0 Å². The minimum Gasteiger partial charge on any atom is -0.354 e. The summed E-state index contributed by atoms with van der Waals surface area (Å²) in [5.41, 5.74) is 2.99. The predicted molar refractivity (Wildman–Crippen MR) is 170 cm³/mol. The molecule has 42 heavy (non-hydrogen) atoms. The zero-order chi connectivity index (χ0) is 31.0. The summed E-state index contributed by atoms with van der Waals surface area (Å²) in [4.78, 5) is 29.0. The van der Waals surface area contributed by atoms with Gasteiger partial charge >= 0.3 is 0 Å². The molecular formula is C33H42ClN3O4S. The van der Waals surface area contributed by atoms with Gasteiger partial charge in [0.05, 0.1) is 10.6 Å². The Labute approximate surface area is 255 Å². The van der Waals surface area contributed by atoms with Crippen molar-refractivity contribution >= 4 is 39.1 Å². The molecule has 0 bridgehead atoms. The summed E-state index contributed by atoms with van der Waals surface area (Å²) < 4.78 is 29.2. The van der Waals surface area contributed by atoms with Gasteiger partial charge in [-0.1, -0.05) is 94.2 Å². The van der Waals surface area contributed by atoms with Crippen molar-refractivity contribution in [2.24, 2.45) is 5.92 Å². The van der Waals surface area contributed by atoms with Crippen molar-refractivity contribution in [3.63, 3.8) is 0 Å². The van der Waals surface area contributed by atoms with E-state index in [-0.39, 0.29) is 29.2 Å². The zero-order valence-corrected chi connectivity index (χ0v) is 26.9. The van der Waals surface area contributed by atoms with E-state index in [1.807, 2.05) is 45.9 Å². The number of aryl methyl sites for hydroxylation is 1. The molecular weight excluding hydrogens is 570 g/mol. The Morgan fingerprint density at radius 1 is 0.905 bits per heavy atom. The van der Waals surface area contributed by atoms with Gasteiger partial charge in [-0.05, 0) is 66.6 Å². The van der Waals surface area contributed by atoms with E-state index in [1.165, 1.54) is 4.90 Å². The molecule has 0 saturated heterocycles. The fraction of sp³-hybridized carbons (Fsp3) is 0.394. The van der Waals surface area contributed by atoms with Gasteiger partial charge in [0.1, 0.15) is 12.6 Å². The molecule has 0 fully saturated rings. The van der Waals surface area contributed by atoms with Gasteiger partial charge in [0.25, 0.3) is 10.0 Å². The molecule has 1 atom stereocenters. The van der Waals surface area contributed by atoms with E-state index in [9.17, 15) is 18.0 Å². The maximum atomic E-state index is 14.2. The van der Waals surface area contributed by atoms with Crippen LogP contribution in [0.2, 0.25) is 5.02 Å². The first kappa shape index (κ1) is 33.1. The van der Waals surface area contributed by atoms with Gasteiger partial charge in [-0.3, -0.25) is 13.9 Å². The summed E-state index contributed by atoms with van der Waals surface area (Å²) in [7, 11) is -4.13. The fourth-order valence-electron chi connectivity index (χ4n) is 4.54. The molecule has 226 valence electrons. The number of carbonyl (C=O) groups is 2. The third-order valence-electron chi connectivity index (χ3n) is 7.10. The van der Waals surface area contributed by atoms with Gasteiger partial charge in [-0.25, -0.2) is 8.42 Å². The van der Waals surface area contributed by atoms with Gasteiger partial charge in [-0.15, -0.1) is 0 Å². The second-order valence-corrected chi connectivity index (χ2v) is 13.5. The molecule has 9 heteroatoms. The van der Waals surface area contributed by atoms with Crippen LogP contribution in [-0.4, -0.2) is 44.3 Å². The minimum atomic E-state index is -4.13. The standard InChI is InChI=1S/C33H42ClN3O4S/c1-7-31(33(39)35-20-23(2)3)36(21-27-10-8-9-11-30(27)34)32(38)22-37(28-16-14-26(15-17-28)24(4)5)42(40,41)29-18-12-25(6)13-19-29/h8-19,23-24,31H,7,20-22H2,1-6H3,(H,35,39). The highest BCUT2D eigenvalue weighted by Crippen LogP contribution is 2.27. The lowest BCUT2D eigenvalue weighted by Crippen LogP contribution is -2.52. The van der Waals surface area contributed by atoms with Crippen molar-refractivity contribution in [2.45, 2.75) is 71.4 Å². The number of halogens is 1. The smallest absolute Gasteiger partial charge is 0.264 e. The van der Waals surface area contributed by atoms with Gasteiger partial charge in [0.15, 0.2) is 0 Å². The summed E-state index contributed by atoms with van der Waals surface area (Å²) in [6.45, 7) is 11.8. The van der Waals surface area contributed by atoms with Crippen LogP contribution in [0.3, 0.4) is 0 Å². The molecule has 0 saturated carbocycles. The number of nitrogens with one attached hydrogen (secondary N) is 1. The van der Waals surface area contributed by atoms with Crippen molar-refractivity contribution in [3.05, 3.63) is 94.5 Å². The lowest BCUT2D eigenvalue weighted by atomic mass is 10.0. The van der Waals surface area contributed by atoms with Gasteiger partial charge in [-0.2, -0.15) is 0 Å². The lowest BCUT2D eigenvalue weighted by molar-refractivity contribution is -0.140. The molecule has 0 aromatic heterocycles. The molecule has 1 unspecified atom stereocenters. The second kappa shape index (κ2) is 14.7. The van der Waals surface area contributed by atoms with Crippen LogP contribution < -0.4 is 9.62 Å². The normalized spacial score (nSPS) is 12.3. The maximum absolute atomic E-state index is 14.2. The topological polar surface area (TPSA) is 86.8 Å². The molecule has 7 nitrogen and oxygen atoms in total. The first-order valence-electron chi connectivity index (χ1n) is 14.3. The van der Waals surface area contributed by atoms with Crippen LogP contribution in [0, 0.1) is 12.8 Å². The quantitative estimate of drug-likeness (QED) is 0.238. The van der Waals surface area contributed by atoms with Gasteiger partial charge < -0.3 is 10.2 Å². The largest absolute Gasteiger partial charge is 0.354 e. The van der Waals surface area contributed by atoms with Crippen molar-refractivity contribution in [2.75, 3.05) is 17.4 Å². The predicted octanol–water partition coefficient (Wildman–Crippen LogP) is 6.55. The van der Waals surface area contributed by atoms with Crippen LogP contribution in [0.1, 0.15) is 63.6 Å². The number of anilines is 1. The Kier molecular flexibility index (Phi) is 11.6. The van der Waals surface area contributed by atoms with E-state index in [4.69, 9.17) is 11.6 Å².